The Kier molecular flexibility index (Phi) is 4.93. The Labute approximate surface area is 187 Å². The van der Waals surface area contributed by atoms with Crippen LogP contribution in [0.4, 0.5) is 5.69 Å². The fourth-order valence-electron chi connectivity index (χ4n) is 6.10. The molecule has 6 heteroatoms. The van der Waals surface area contributed by atoms with E-state index in [-0.39, 0.29) is 47.2 Å². The van der Waals surface area contributed by atoms with E-state index in [0.29, 0.717) is 12.0 Å². The van der Waals surface area contributed by atoms with Gasteiger partial charge >= 0.3 is 0 Å². The number of aryl methyl sites for hydroxylation is 3. The normalized spacial score (nSPS) is 28.5. The van der Waals surface area contributed by atoms with Crippen LogP contribution >= 0.6 is 0 Å². The van der Waals surface area contributed by atoms with Crippen LogP contribution in [0.25, 0.3) is 5.57 Å². The highest BCUT2D eigenvalue weighted by molar-refractivity contribution is 6.26. The number of fused-ring (bicyclic) bond motifs is 5. The van der Waals surface area contributed by atoms with E-state index in [2.05, 4.69) is 32.9 Å². The molecule has 2 aliphatic heterocycles. The maximum Gasteiger partial charge on any atom is 0.269 e. The molecule has 0 amide bonds. The highest BCUT2D eigenvalue weighted by atomic mass is 16.6. The molecular weight excluding hydrogens is 406 g/mol. The number of aliphatic hydroxyl groups excluding tert-OH is 1. The molecule has 2 aromatic rings. The van der Waals surface area contributed by atoms with E-state index in [9.17, 15) is 20.0 Å². The molecule has 2 fully saturated rings. The van der Waals surface area contributed by atoms with Gasteiger partial charge in [0.2, 0.25) is 0 Å². The molecule has 0 saturated carbocycles. The maximum absolute atomic E-state index is 13.6. The van der Waals surface area contributed by atoms with Crippen molar-refractivity contribution in [3.05, 3.63) is 80.1 Å². The van der Waals surface area contributed by atoms with Crippen LogP contribution in [0.2, 0.25) is 0 Å². The first-order chi connectivity index (χ1) is 15.3. The van der Waals surface area contributed by atoms with E-state index in [1.807, 2.05) is 0 Å². The Balaban J connectivity index is 1.55. The lowest BCUT2D eigenvalue weighted by molar-refractivity contribution is -0.384. The van der Waals surface area contributed by atoms with Gasteiger partial charge in [0.1, 0.15) is 5.76 Å². The lowest BCUT2D eigenvalue weighted by atomic mass is 9.72. The number of nitro benzene ring substituents is 1. The van der Waals surface area contributed by atoms with Crippen molar-refractivity contribution >= 4 is 17.0 Å². The highest BCUT2D eigenvalue weighted by Gasteiger charge is 2.62. The molecule has 2 saturated heterocycles. The predicted octanol–water partition coefficient (Wildman–Crippen LogP) is 5.07. The molecule has 32 heavy (non-hydrogen) atoms. The van der Waals surface area contributed by atoms with Gasteiger partial charge in [-0.1, -0.05) is 43.7 Å². The van der Waals surface area contributed by atoms with Crippen LogP contribution in [0.3, 0.4) is 0 Å². The molecule has 2 bridgehead atoms. The Morgan fingerprint density at radius 3 is 2.28 bits per heavy atom. The molecule has 166 valence electrons. The van der Waals surface area contributed by atoms with Crippen molar-refractivity contribution in [3.63, 3.8) is 0 Å². The fraction of sp³-hybridized carbons (Fsp3) is 0.423. The Bertz CT molecular complexity index is 1120. The molecule has 3 aliphatic rings. The third-order valence-electron chi connectivity index (χ3n) is 7.47. The first-order valence-electron chi connectivity index (χ1n) is 11.4. The van der Waals surface area contributed by atoms with Crippen LogP contribution in [-0.4, -0.2) is 28.0 Å². The second kappa shape index (κ2) is 7.55. The van der Waals surface area contributed by atoms with Crippen molar-refractivity contribution in [1.82, 2.24) is 0 Å². The fourth-order valence-corrected chi connectivity index (χ4v) is 6.10. The van der Waals surface area contributed by atoms with Crippen LogP contribution in [0.5, 0.6) is 0 Å². The average Bonchev–Trinajstić information content (AvgIpc) is 3.45. The number of benzene rings is 2. The quantitative estimate of drug-likeness (QED) is 0.525. The Hall–Kier alpha value is -2.99. The molecule has 2 heterocycles. The van der Waals surface area contributed by atoms with Gasteiger partial charge in [-0.05, 0) is 48.4 Å². The zero-order valence-electron chi connectivity index (χ0n) is 18.5. The topological polar surface area (TPSA) is 89.7 Å². The number of ketones is 1. The van der Waals surface area contributed by atoms with Crippen LogP contribution in [0.15, 0.2) is 42.2 Å². The molecule has 0 aromatic heterocycles. The minimum absolute atomic E-state index is 0.00426. The Morgan fingerprint density at radius 1 is 1.09 bits per heavy atom. The first-order valence-corrected chi connectivity index (χ1v) is 11.4. The number of rotatable bonds is 5. The van der Waals surface area contributed by atoms with E-state index < -0.39 is 4.92 Å². The van der Waals surface area contributed by atoms with E-state index in [0.717, 1.165) is 40.7 Å². The van der Waals surface area contributed by atoms with Crippen LogP contribution in [-0.2, 0) is 22.4 Å². The highest BCUT2D eigenvalue weighted by Crippen LogP contribution is 2.58. The van der Waals surface area contributed by atoms with Gasteiger partial charge in [-0.15, -0.1) is 0 Å². The van der Waals surface area contributed by atoms with Crippen molar-refractivity contribution in [3.8, 4) is 0 Å². The van der Waals surface area contributed by atoms with Gasteiger partial charge in [-0.25, -0.2) is 0 Å². The number of nitro groups is 1. The van der Waals surface area contributed by atoms with Crippen LogP contribution in [0, 0.1) is 28.9 Å². The summed E-state index contributed by atoms with van der Waals surface area (Å²) in [5, 5.41) is 22.4. The molecule has 5 atom stereocenters. The third-order valence-corrected chi connectivity index (χ3v) is 7.47. The second-order valence-electron chi connectivity index (χ2n) is 9.17. The van der Waals surface area contributed by atoms with Gasteiger partial charge in [0.25, 0.3) is 5.69 Å². The van der Waals surface area contributed by atoms with Crippen molar-refractivity contribution in [2.24, 2.45) is 11.8 Å². The summed E-state index contributed by atoms with van der Waals surface area (Å²) in [6, 6.07) is 10.8. The van der Waals surface area contributed by atoms with Crippen molar-refractivity contribution in [1.29, 1.82) is 0 Å². The summed E-state index contributed by atoms with van der Waals surface area (Å²) in [5.74, 6) is -0.541. The van der Waals surface area contributed by atoms with Gasteiger partial charge in [-0.3, -0.25) is 14.9 Å². The largest absolute Gasteiger partial charge is 0.511 e. The number of nitrogens with zero attached hydrogens (tertiary/aromatic N) is 1. The number of carbonyl (C=O) groups is 1. The number of hydrogen-bond donors (Lipinski definition) is 1. The standard InChI is InChI=1S/C26H27NO5/c1-4-14-10-13(3)11-15(5-2)20(14)22-24(28)21-19-12-18(26(32-19)23(21)25(22)29)16-6-8-17(9-7-16)27(30)31/h6-11,18-19,21,23,26,29H,4-5,12H2,1-3H3/t18-,19-,21-,23+,26+/m0/s1. The number of aliphatic hydroxyl groups is 1. The van der Waals surface area contributed by atoms with Gasteiger partial charge in [0.15, 0.2) is 5.78 Å². The summed E-state index contributed by atoms with van der Waals surface area (Å²) in [4.78, 5) is 24.2. The molecular formula is C26H27NO5. The monoisotopic (exact) mass is 433 g/mol. The SMILES string of the molecule is CCc1cc(C)cc(CC)c1C1=C(O)[C@@H]2[C@@H]3O[C@@H](C[C@H]3c3ccc([N+](=O)[O-])cc3)[C@@H]2C1=O. The summed E-state index contributed by atoms with van der Waals surface area (Å²) < 4.78 is 6.19. The molecule has 1 aliphatic carbocycles. The number of non-ortho nitro benzene ring substituents is 1. The maximum atomic E-state index is 13.6. The third kappa shape index (κ3) is 2.93. The minimum Gasteiger partial charge on any atom is -0.511 e. The number of ether oxygens (including phenoxy) is 1. The molecule has 1 N–H and O–H groups in total. The number of hydrogen-bond acceptors (Lipinski definition) is 5. The van der Waals surface area contributed by atoms with Crippen molar-refractivity contribution < 1.29 is 19.6 Å². The summed E-state index contributed by atoms with van der Waals surface area (Å²) >= 11 is 0. The van der Waals surface area contributed by atoms with Gasteiger partial charge in [0, 0.05) is 18.1 Å². The molecule has 5 rings (SSSR count). The summed E-state index contributed by atoms with van der Waals surface area (Å²) in [6.45, 7) is 6.21. The average molecular weight is 434 g/mol. The van der Waals surface area contributed by atoms with Crippen molar-refractivity contribution in [2.45, 2.75) is 58.2 Å². The zero-order valence-corrected chi connectivity index (χ0v) is 18.5. The van der Waals surface area contributed by atoms with Crippen LogP contribution in [0.1, 0.15) is 54.0 Å². The second-order valence-corrected chi connectivity index (χ2v) is 9.17. The van der Waals surface area contributed by atoms with E-state index >= 15 is 0 Å². The first kappa shape index (κ1) is 20.9. The summed E-state index contributed by atoms with van der Waals surface area (Å²) in [6.07, 6.45) is 1.73. The molecule has 6 nitrogen and oxygen atoms in total. The van der Waals surface area contributed by atoms with Gasteiger partial charge < -0.3 is 9.84 Å². The summed E-state index contributed by atoms with van der Waals surface area (Å²) in [5.41, 5.74) is 5.74. The number of Topliss-reactive ketones (excluding diaryl/α,β-unsaturated/α-hetero) is 1. The molecule has 0 radical (unpaired) electrons. The number of allylic oxidation sites excluding steroid dienone is 1. The molecule has 0 unspecified atom stereocenters. The lowest BCUT2D eigenvalue weighted by Gasteiger charge is -2.27. The Morgan fingerprint density at radius 2 is 1.72 bits per heavy atom. The smallest absolute Gasteiger partial charge is 0.269 e. The number of carbonyl (C=O) groups excluding carboxylic acids is 1. The predicted molar refractivity (Wildman–Crippen MR) is 121 cm³/mol. The molecule has 2 aromatic carbocycles. The van der Waals surface area contributed by atoms with Gasteiger partial charge in [0.05, 0.1) is 34.5 Å². The van der Waals surface area contributed by atoms with Crippen molar-refractivity contribution in [2.75, 3.05) is 0 Å². The molecule has 0 spiro atoms. The minimum atomic E-state index is -0.411. The van der Waals surface area contributed by atoms with E-state index in [1.54, 1.807) is 12.1 Å². The van der Waals surface area contributed by atoms with Crippen LogP contribution < -0.4 is 0 Å². The van der Waals surface area contributed by atoms with E-state index in [1.165, 1.54) is 12.1 Å². The van der Waals surface area contributed by atoms with Gasteiger partial charge in [-0.2, -0.15) is 0 Å². The lowest BCUT2D eigenvalue weighted by Crippen LogP contribution is -2.33. The van der Waals surface area contributed by atoms with E-state index in [4.69, 9.17) is 4.74 Å². The summed E-state index contributed by atoms with van der Waals surface area (Å²) in [7, 11) is 0. The zero-order chi connectivity index (χ0) is 22.7.